The first-order chi connectivity index (χ1) is 11.1. The first kappa shape index (κ1) is 15.4. The van der Waals surface area contributed by atoms with Crippen LogP contribution in [0.2, 0.25) is 0 Å². The van der Waals surface area contributed by atoms with E-state index in [0.717, 1.165) is 0 Å². The van der Waals surface area contributed by atoms with Crippen LogP contribution in [0.4, 0.5) is 8.78 Å². The number of alkyl halides is 2. The minimum Gasteiger partial charge on any atom is -0.483 e. The lowest BCUT2D eigenvalue weighted by Crippen LogP contribution is -2.52. The van der Waals surface area contributed by atoms with Crippen LogP contribution in [0.5, 0.6) is 5.75 Å². The molecule has 0 unspecified atom stereocenters. The maximum atomic E-state index is 14.0. The molecule has 0 amide bonds. The van der Waals surface area contributed by atoms with Crippen LogP contribution < -0.4 is 10.1 Å². The fourth-order valence-corrected chi connectivity index (χ4v) is 2.62. The maximum absolute atomic E-state index is 14.0. The molecule has 0 saturated carbocycles. The molecule has 2 heterocycles. The number of aromatic nitrogens is 1. The molecule has 1 aromatic heterocycles. The normalized spacial score (nSPS) is 19.8. The van der Waals surface area contributed by atoms with Gasteiger partial charge in [0.25, 0.3) is 5.92 Å². The van der Waals surface area contributed by atoms with Crippen molar-refractivity contribution < 1.29 is 13.5 Å². The molecule has 1 atom stereocenters. The molecule has 1 aliphatic heterocycles. The van der Waals surface area contributed by atoms with Crippen molar-refractivity contribution in [3.63, 3.8) is 0 Å². The van der Waals surface area contributed by atoms with E-state index in [1.54, 1.807) is 36.5 Å². The van der Waals surface area contributed by atoms with Crippen molar-refractivity contribution >= 4 is 0 Å². The van der Waals surface area contributed by atoms with E-state index in [-0.39, 0.29) is 6.42 Å². The molecular formula is C17H15F2N3O. The zero-order valence-corrected chi connectivity index (χ0v) is 12.3. The molecule has 1 aromatic carbocycles. The van der Waals surface area contributed by atoms with Gasteiger partial charge in [-0.2, -0.15) is 5.26 Å². The summed E-state index contributed by atoms with van der Waals surface area (Å²) in [6.45, 7) is 0.0969. The van der Waals surface area contributed by atoms with Gasteiger partial charge < -0.3 is 10.1 Å². The third-order valence-corrected chi connectivity index (χ3v) is 3.80. The minimum absolute atomic E-state index is 0.225. The van der Waals surface area contributed by atoms with E-state index in [0.29, 0.717) is 29.0 Å². The van der Waals surface area contributed by atoms with Crippen LogP contribution >= 0.6 is 0 Å². The maximum Gasteiger partial charge on any atom is 0.296 e. The summed E-state index contributed by atoms with van der Waals surface area (Å²) >= 11 is 0. The smallest absolute Gasteiger partial charge is 0.296 e. The van der Waals surface area contributed by atoms with Gasteiger partial charge in [-0.05, 0) is 18.7 Å². The van der Waals surface area contributed by atoms with E-state index < -0.39 is 18.6 Å². The quantitative estimate of drug-likeness (QED) is 0.946. The Morgan fingerprint density at radius 1 is 1.26 bits per heavy atom. The van der Waals surface area contributed by atoms with Crippen molar-refractivity contribution in [2.24, 2.45) is 0 Å². The molecule has 0 bridgehead atoms. The second kappa shape index (κ2) is 6.31. The van der Waals surface area contributed by atoms with E-state index >= 15 is 0 Å². The van der Waals surface area contributed by atoms with Gasteiger partial charge in [0.2, 0.25) is 0 Å². The SMILES string of the molecule is N#Cc1cnccc1-c1ccccc1O[C@H]1CCNCC1(F)F. The molecule has 1 N–H and O–H groups in total. The molecule has 0 radical (unpaired) electrons. The fourth-order valence-electron chi connectivity index (χ4n) is 2.62. The van der Waals surface area contributed by atoms with E-state index in [2.05, 4.69) is 16.4 Å². The molecule has 6 heteroatoms. The monoisotopic (exact) mass is 315 g/mol. The van der Waals surface area contributed by atoms with Crippen molar-refractivity contribution in [1.82, 2.24) is 10.3 Å². The fraction of sp³-hybridized carbons (Fsp3) is 0.294. The van der Waals surface area contributed by atoms with E-state index in [9.17, 15) is 14.0 Å². The Morgan fingerprint density at radius 2 is 2.09 bits per heavy atom. The van der Waals surface area contributed by atoms with Gasteiger partial charge in [0.15, 0.2) is 6.10 Å². The van der Waals surface area contributed by atoms with Crippen molar-refractivity contribution in [3.05, 3.63) is 48.3 Å². The highest BCUT2D eigenvalue weighted by molar-refractivity contribution is 5.75. The summed E-state index contributed by atoms with van der Waals surface area (Å²) in [5.74, 6) is -2.58. The summed E-state index contributed by atoms with van der Waals surface area (Å²) in [6.07, 6.45) is 2.05. The van der Waals surface area contributed by atoms with Gasteiger partial charge >= 0.3 is 0 Å². The van der Waals surface area contributed by atoms with Crippen LogP contribution in [0.3, 0.4) is 0 Å². The average Bonchev–Trinajstić information content (AvgIpc) is 2.57. The molecule has 4 nitrogen and oxygen atoms in total. The number of ether oxygens (including phenoxy) is 1. The Hall–Kier alpha value is -2.52. The molecule has 1 aliphatic rings. The van der Waals surface area contributed by atoms with E-state index in [1.807, 2.05) is 0 Å². The van der Waals surface area contributed by atoms with E-state index in [1.165, 1.54) is 6.20 Å². The van der Waals surface area contributed by atoms with Crippen LogP contribution in [-0.4, -0.2) is 30.1 Å². The van der Waals surface area contributed by atoms with Crippen molar-refractivity contribution in [3.8, 4) is 22.9 Å². The van der Waals surface area contributed by atoms with Crippen LogP contribution in [0.15, 0.2) is 42.7 Å². The Balaban J connectivity index is 1.97. The first-order valence-corrected chi connectivity index (χ1v) is 7.30. The molecule has 1 saturated heterocycles. The molecular weight excluding hydrogens is 300 g/mol. The van der Waals surface area contributed by atoms with Crippen LogP contribution in [0.1, 0.15) is 12.0 Å². The summed E-state index contributed by atoms with van der Waals surface area (Å²) in [4.78, 5) is 3.92. The molecule has 3 rings (SSSR count). The number of halogens is 2. The third-order valence-electron chi connectivity index (χ3n) is 3.80. The lowest BCUT2D eigenvalue weighted by atomic mass is 10.0. The summed E-state index contributed by atoms with van der Waals surface area (Å²) in [5, 5.41) is 11.9. The van der Waals surface area contributed by atoms with Gasteiger partial charge in [-0.1, -0.05) is 18.2 Å². The van der Waals surface area contributed by atoms with Gasteiger partial charge in [0.05, 0.1) is 12.1 Å². The average molecular weight is 315 g/mol. The minimum atomic E-state index is -2.93. The second-order valence-electron chi connectivity index (χ2n) is 5.36. The van der Waals surface area contributed by atoms with Gasteiger partial charge in [-0.25, -0.2) is 8.78 Å². The van der Waals surface area contributed by atoms with Crippen LogP contribution in [0.25, 0.3) is 11.1 Å². The van der Waals surface area contributed by atoms with Crippen LogP contribution in [-0.2, 0) is 0 Å². The number of pyridine rings is 1. The first-order valence-electron chi connectivity index (χ1n) is 7.30. The van der Waals surface area contributed by atoms with Gasteiger partial charge in [0, 0.05) is 29.9 Å². The number of hydrogen-bond acceptors (Lipinski definition) is 4. The molecule has 118 valence electrons. The molecule has 2 aromatic rings. The predicted octanol–water partition coefficient (Wildman–Crippen LogP) is 3.00. The molecule has 0 spiro atoms. The van der Waals surface area contributed by atoms with E-state index in [4.69, 9.17) is 4.74 Å². The van der Waals surface area contributed by atoms with Gasteiger partial charge in [-0.15, -0.1) is 0 Å². The largest absolute Gasteiger partial charge is 0.483 e. The summed E-state index contributed by atoms with van der Waals surface area (Å²) < 4.78 is 33.6. The number of rotatable bonds is 3. The van der Waals surface area contributed by atoms with Crippen molar-refractivity contribution in [1.29, 1.82) is 5.26 Å². The Morgan fingerprint density at radius 3 is 2.87 bits per heavy atom. The number of nitriles is 1. The van der Waals surface area contributed by atoms with Gasteiger partial charge in [0.1, 0.15) is 11.8 Å². The zero-order chi connectivity index (χ0) is 16.3. The highest BCUT2D eigenvalue weighted by Gasteiger charge is 2.43. The topological polar surface area (TPSA) is 57.9 Å². The Kier molecular flexibility index (Phi) is 4.22. The summed E-state index contributed by atoms with van der Waals surface area (Å²) in [7, 11) is 0. The molecule has 1 fully saturated rings. The number of para-hydroxylation sites is 1. The number of piperidine rings is 1. The summed E-state index contributed by atoms with van der Waals surface area (Å²) in [5.41, 5.74) is 1.61. The Labute approximate surface area is 132 Å². The number of benzene rings is 1. The molecule has 23 heavy (non-hydrogen) atoms. The second-order valence-corrected chi connectivity index (χ2v) is 5.36. The number of nitrogens with one attached hydrogen (secondary N) is 1. The van der Waals surface area contributed by atoms with Crippen molar-refractivity contribution in [2.45, 2.75) is 18.4 Å². The molecule has 0 aliphatic carbocycles. The number of hydrogen-bond donors (Lipinski definition) is 1. The van der Waals surface area contributed by atoms with Crippen LogP contribution in [0, 0.1) is 11.3 Å². The standard InChI is InChI=1S/C17H15F2N3O/c18-17(19)11-22-8-6-16(17)23-15-4-2-1-3-14(15)13-5-7-21-10-12(13)9-20/h1-5,7,10,16,22H,6,8,11H2/t16-/m0/s1. The highest BCUT2D eigenvalue weighted by Crippen LogP contribution is 2.35. The summed E-state index contributed by atoms with van der Waals surface area (Å²) in [6, 6.07) is 10.7. The van der Waals surface area contributed by atoms with Gasteiger partial charge in [-0.3, -0.25) is 4.98 Å². The Bertz CT molecular complexity index is 743. The van der Waals surface area contributed by atoms with Crippen molar-refractivity contribution in [2.75, 3.05) is 13.1 Å². The lowest BCUT2D eigenvalue weighted by Gasteiger charge is -2.32. The highest BCUT2D eigenvalue weighted by atomic mass is 19.3. The number of nitrogens with zero attached hydrogens (tertiary/aromatic N) is 2. The predicted molar refractivity (Wildman–Crippen MR) is 81.2 cm³/mol. The third kappa shape index (κ3) is 3.15. The lowest BCUT2D eigenvalue weighted by molar-refractivity contribution is -0.108. The zero-order valence-electron chi connectivity index (χ0n) is 12.3.